The van der Waals surface area contributed by atoms with Gasteiger partial charge in [0.2, 0.25) is 0 Å². The summed E-state index contributed by atoms with van der Waals surface area (Å²) in [4.78, 5) is 16.0. The summed E-state index contributed by atoms with van der Waals surface area (Å²) in [6, 6.07) is 15.1. The Hall–Kier alpha value is -2.55. The average molecular weight is 265 g/mol. The maximum atomic E-state index is 12.7. The first kappa shape index (κ1) is 12.5. The van der Waals surface area contributed by atoms with Crippen LogP contribution in [0, 0.1) is 6.92 Å². The number of hydrogen-bond acceptors (Lipinski definition) is 2. The summed E-state index contributed by atoms with van der Waals surface area (Å²) in [5.41, 5.74) is 3.24. The molecule has 0 spiro atoms. The molecule has 3 rings (SSSR count). The summed E-state index contributed by atoms with van der Waals surface area (Å²) in [5.74, 6) is 0.701. The number of H-pyrrole nitrogens is 1. The van der Waals surface area contributed by atoms with Crippen LogP contribution in [-0.4, -0.2) is 17.9 Å². The minimum Gasteiger partial charge on any atom is -0.497 e. The van der Waals surface area contributed by atoms with Crippen molar-refractivity contribution < 1.29 is 9.53 Å². The number of hydrogen-bond donors (Lipinski definition) is 1. The van der Waals surface area contributed by atoms with Crippen LogP contribution in [0.5, 0.6) is 5.75 Å². The number of para-hydroxylation sites is 1. The van der Waals surface area contributed by atoms with Crippen LogP contribution in [0.3, 0.4) is 0 Å². The van der Waals surface area contributed by atoms with Crippen molar-refractivity contribution in [2.45, 2.75) is 6.92 Å². The molecule has 1 N–H and O–H groups in total. The lowest BCUT2D eigenvalue weighted by atomic mass is 10.0. The van der Waals surface area contributed by atoms with Gasteiger partial charge in [0, 0.05) is 22.2 Å². The molecule has 0 aliphatic heterocycles. The van der Waals surface area contributed by atoms with Crippen LogP contribution in [0.1, 0.15) is 21.6 Å². The Morgan fingerprint density at radius 3 is 2.70 bits per heavy atom. The van der Waals surface area contributed by atoms with Gasteiger partial charge in [0.1, 0.15) is 5.75 Å². The van der Waals surface area contributed by atoms with Gasteiger partial charge < -0.3 is 9.72 Å². The number of nitrogens with one attached hydrogen (secondary N) is 1. The Morgan fingerprint density at radius 2 is 1.90 bits per heavy atom. The van der Waals surface area contributed by atoms with Crippen molar-refractivity contribution >= 4 is 16.7 Å². The number of fused-ring (bicyclic) bond motifs is 1. The zero-order chi connectivity index (χ0) is 14.1. The smallest absolute Gasteiger partial charge is 0.195 e. The van der Waals surface area contributed by atoms with Gasteiger partial charge in [-0.15, -0.1) is 0 Å². The highest BCUT2D eigenvalue weighted by atomic mass is 16.5. The van der Waals surface area contributed by atoms with Gasteiger partial charge in [-0.25, -0.2) is 0 Å². The first-order valence-electron chi connectivity index (χ1n) is 6.47. The van der Waals surface area contributed by atoms with Crippen LogP contribution in [0.15, 0.2) is 48.5 Å². The lowest BCUT2D eigenvalue weighted by Gasteiger charge is -2.04. The molecular weight excluding hydrogens is 250 g/mol. The summed E-state index contributed by atoms with van der Waals surface area (Å²) in [5, 5.41) is 0.956. The second-order valence-corrected chi connectivity index (χ2v) is 4.73. The summed E-state index contributed by atoms with van der Waals surface area (Å²) in [7, 11) is 1.60. The Kier molecular flexibility index (Phi) is 3.03. The molecule has 0 atom stereocenters. The fraction of sp³-hybridized carbons (Fsp3) is 0.118. The second kappa shape index (κ2) is 4.85. The molecular formula is C17H15NO2. The van der Waals surface area contributed by atoms with Gasteiger partial charge in [-0.1, -0.05) is 30.3 Å². The topological polar surface area (TPSA) is 42.1 Å². The largest absolute Gasteiger partial charge is 0.497 e. The number of carbonyl (C=O) groups is 1. The highest BCUT2D eigenvalue weighted by molar-refractivity contribution is 6.17. The molecule has 0 unspecified atom stereocenters. The minimum absolute atomic E-state index is 0.0128. The van der Waals surface area contributed by atoms with Crippen LogP contribution in [-0.2, 0) is 0 Å². The van der Waals surface area contributed by atoms with E-state index in [9.17, 15) is 4.79 Å². The Morgan fingerprint density at radius 1 is 1.10 bits per heavy atom. The van der Waals surface area contributed by atoms with E-state index in [-0.39, 0.29) is 5.78 Å². The van der Waals surface area contributed by atoms with E-state index >= 15 is 0 Å². The van der Waals surface area contributed by atoms with Crippen LogP contribution in [0.2, 0.25) is 0 Å². The fourth-order valence-electron chi connectivity index (χ4n) is 2.48. The Balaban J connectivity index is 2.14. The van der Waals surface area contributed by atoms with Crippen LogP contribution in [0.25, 0.3) is 10.9 Å². The van der Waals surface area contributed by atoms with Crippen molar-refractivity contribution in [3.63, 3.8) is 0 Å². The van der Waals surface area contributed by atoms with E-state index in [4.69, 9.17) is 4.74 Å². The molecule has 1 aromatic heterocycles. The summed E-state index contributed by atoms with van der Waals surface area (Å²) < 4.78 is 5.18. The number of methoxy groups -OCH3 is 1. The number of aryl methyl sites for hydroxylation is 1. The number of benzene rings is 2. The minimum atomic E-state index is 0.0128. The SMILES string of the molecule is COc1cccc(C(=O)c2c(C)[nH]c3ccccc23)c1. The van der Waals surface area contributed by atoms with Crippen molar-refractivity contribution in [1.82, 2.24) is 4.98 Å². The van der Waals surface area contributed by atoms with Gasteiger partial charge in [0.25, 0.3) is 0 Å². The quantitative estimate of drug-likeness (QED) is 0.733. The zero-order valence-corrected chi connectivity index (χ0v) is 11.4. The third-order valence-corrected chi connectivity index (χ3v) is 3.45. The first-order chi connectivity index (χ1) is 9.70. The zero-order valence-electron chi connectivity index (χ0n) is 11.4. The number of aromatic amines is 1. The van der Waals surface area contributed by atoms with Gasteiger partial charge in [-0.3, -0.25) is 4.79 Å². The molecule has 3 heteroatoms. The summed E-state index contributed by atoms with van der Waals surface area (Å²) in [6.07, 6.45) is 0. The molecule has 20 heavy (non-hydrogen) atoms. The number of rotatable bonds is 3. The van der Waals surface area contributed by atoms with Crippen LogP contribution >= 0.6 is 0 Å². The molecule has 0 amide bonds. The highest BCUT2D eigenvalue weighted by Gasteiger charge is 2.17. The maximum absolute atomic E-state index is 12.7. The van der Waals surface area contributed by atoms with E-state index < -0.39 is 0 Å². The van der Waals surface area contributed by atoms with Gasteiger partial charge in [-0.05, 0) is 25.1 Å². The molecule has 0 fully saturated rings. The molecule has 3 nitrogen and oxygen atoms in total. The van der Waals surface area contributed by atoms with E-state index in [1.807, 2.05) is 49.4 Å². The van der Waals surface area contributed by atoms with Crippen LogP contribution in [0.4, 0.5) is 0 Å². The Labute approximate surface area is 117 Å². The number of ether oxygens (including phenoxy) is 1. The number of carbonyl (C=O) groups excluding carboxylic acids is 1. The molecule has 0 saturated carbocycles. The van der Waals surface area contributed by atoms with E-state index in [0.717, 1.165) is 22.2 Å². The fourth-order valence-corrected chi connectivity index (χ4v) is 2.48. The standard InChI is InChI=1S/C17H15NO2/c1-11-16(14-8-3-4-9-15(14)18-11)17(19)12-6-5-7-13(10-12)20-2/h3-10,18H,1-2H3. The molecule has 0 aliphatic carbocycles. The highest BCUT2D eigenvalue weighted by Crippen LogP contribution is 2.25. The van der Waals surface area contributed by atoms with Gasteiger partial charge in [0.15, 0.2) is 5.78 Å². The first-order valence-corrected chi connectivity index (χ1v) is 6.47. The molecule has 1 heterocycles. The monoisotopic (exact) mass is 265 g/mol. The van der Waals surface area contributed by atoms with Gasteiger partial charge in [-0.2, -0.15) is 0 Å². The molecule has 0 radical (unpaired) electrons. The predicted molar refractivity (Wildman–Crippen MR) is 79.5 cm³/mol. The molecule has 0 saturated heterocycles. The van der Waals surface area contributed by atoms with Crippen molar-refractivity contribution in [2.24, 2.45) is 0 Å². The van der Waals surface area contributed by atoms with Crippen molar-refractivity contribution in [2.75, 3.05) is 7.11 Å². The van der Waals surface area contributed by atoms with Crippen molar-refractivity contribution in [3.05, 3.63) is 65.4 Å². The Bertz CT molecular complexity index is 787. The maximum Gasteiger partial charge on any atom is 0.195 e. The van der Waals surface area contributed by atoms with E-state index in [0.29, 0.717) is 11.3 Å². The van der Waals surface area contributed by atoms with E-state index in [1.165, 1.54) is 0 Å². The molecule has 2 aromatic carbocycles. The third-order valence-electron chi connectivity index (χ3n) is 3.45. The van der Waals surface area contributed by atoms with Crippen molar-refractivity contribution in [1.29, 1.82) is 0 Å². The van der Waals surface area contributed by atoms with Gasteiger partial charge >= 0.3 is 0 Å². The number of ketones is 1. The molecule has 100 valence electrons. The normalized spacial score (nSPS) is 10.7. The number of aromatic nitrogens is 1. The lowest BCUT2D eigenvalue weighted by Crippen LogP contribution is -2.02. The van der Waals surface area contributed by atoms with Crippen molar-refractivity contribution in [3.8, 4) is 5.75 Å². The molecule has 0 aliphatic rings. The van der Waals surface area contributed by atoms with Crippen LogP contribution < -0.4 is 4.74 Å². The van der Waals surface area contributed by atoms with E-state index in [1.54, 1.807) is 13.2 Å². The third kappa shape index (κ3) is 1.97. The summed E-state index contributed by atoms with van der Waals surface area (Å²) >= 11 is 0. The average Bonchev–Trinajstić information content (AvgIpc) is 2.82. The second-order valence-electron chi connectivity index (χ2n) is 4.73. The molecule has 0 bridgehead atoms. The lowest BCUT2D eigenvalue weighted by molar-refractivity contribution is 0.103. The molecule has 3 aromatic rings. The van der Waals surface area contributed by atoms with Gasteiger partial charge in [0.05, 0.1) is 12.7 Å². The van der Waals surface area contributed by atoms with E-state index in [2.05, 4.69) is 4.98 Å². The summed E-state index contributed by atoms with van der Waals surface area (Å²) in [6.45, 7) is 1.92. The predicted octanol–water partition coefficient (Wildman–Crippen LogP) is 3.72.